The summed E-state index contributed by atoms with van der Waals surface area (Å²) in [5, 5.41) is 3.17. The molecule has 1 N–H and O–H groups in total. The molecule has 2 heterocycles. The van der Waals surface area contributed by atoms with Crippen molar-refractivity contribution in [3.63, 3.8) is 0 Å². The van der Waals surface area contributed by atoms with Crippen LogP contribution in [-0.4, -0.2) is 67.1 Å². The molecule has 1 aromatic heterocycles. The first kappa shape index (κ1) is 19.3. The van der Waals surface area contributed by atoms with Crippen molar-refractivity contribution in [2.24, 2.45) is 5.92 Å². The summed E-state index contributed by atoms with van der Waals surface area (Å²) in [6, 6.07) is 13.6. The van der Waals surface area contributed by atoms with Gasteiger partial charge >= 0.3 is 0 Å². The highest BCUT2D eigenvalue weighted by molar-refractivity contribution is 5.78. The first-order valence-corrected chi connectivity index (χ1v) is 9.33. The maximum Gasteiger partial charge on any atom is 0.258 e. The standard InChI is InChI=1S/C21H28N4O2/c1-24(2)13-18-14-25(12-17-7-6-10-22-11-17)15-20(18)23-21(26)16-27-19-8-4-3-5-9-19/h3-11,18,20H,12-16H2,1-2H3,(H,23,26)/t18-,20-/m1/s1. The number of nitrogens with one attached hydrogen (secondary N) is 1. The number of benzene rings is 1. The van der Waals surface area contributed by atoms with E-state index >= 15 is 0 Å². The van der Waals surface area contributed by atoms with E-state index in [0.29, 0.717) is 11.7 Å². The molecule has 27 heavy (non-hydrogen) atoms. The molecule has 0 radical (unpaired) electrons. The van der Waals surface area contributed by atoms with Gasteiger partial charge < -0.3 is 15.0 Å². The predicted octanol–water partition coefficient (Wildman–Crippen LogP) is 1.64. The lowest BCUT2D eigenvalue weighted by molar-refractivity contribution is -0.124. The zero-order chi connectivity index (χ0) is 19.1. The predicted molar refractivity (Wildman–Crippen MR) is 105 cm³/mol. The second-order valence-corrected chi connectivity index (χ2v) is 7.35. The van der Waals surface area contributed by atoms with Crippen LogP contribution in [0.2, 0.25) is 0 Å². The number of carbonyl (C=O) groups is 1. The number of likely N-dealkylation sites (tertiary alicyclic amines) is 1. The van der Waals surface area contributed by atoms with E-state index in [1.165, 1.54) is 5.56 Å². The maximum absolute atomic E-state index is 12.4. The van der Waals surface area contributed by atoms with Gasteiger partial charge in [-0.3, -0.25) is 14.7 Å². The van der Waals surface area contributed by atoms with E-state index in [2.05, 4.69) is 40.3 Å². The van der Waals surface area contributed by atoms with Gasteiger partial charge in [0.05, 0.1) is 0 Å². The van der Waals surface area contributed by atoms with Crippen molar-refractivity contribution in [1.82, 2.24) is 20.1 Å². The van der Waals surface area contributed by atoms with Crippen LogP contribution in [0.15, 0.2) is 54.9 Å². The molecule has 6 nitrogen and oxygen atoms in total. The van der Waals surface area contributed by atoms with Gasteiger partial charge in [-0.05, 0) is 37.9 Å². The van der Waals surface area contributed by atoms with Gasteiger partial charge in [0.2, 0.25) is 0 Å². The monoisotopic (exact) mass is 368 g/mol. The summed E-state index contributed by atoms with van der Waals surface area (Å²) in [6.07, 6.45) is 3.69. The maximum atomic E-state index is 12.4. The van der Waals surface area contributed by atoms with Crippen molar-refractivity contribution in [3.05, 3.63) is 60.4 Å². The Bertz CT molecular complexity index is 709. The van der Waals surface area contributed by atoms with Crippen LogP contribution in [0.4, 0.5) is 0 Å². The van der Waals surface area contributed by atoms with E-state index in [9.17, 15) is 4.79 Å². The molecule has 1 aromatic carbocycles. The van der Waals surface area contributed by atoms with Gasteiger partial charge in [0.1, 0.15) is 5.75 Å². The van der Waals surface area contributed by atoms with Crippen LogP contribution in [0.25, 0.3) is 0 Å². The lowest BCUT2D eigenvalue weighted by Crippen LogP contribution is -2.45. The summed E-state index contributed by atoms with van der Waals surface area (Å²) in [4.78, 5) is 21.1. The Hall–Kier alpha value is -2.44. The van der Waals surface area contributed by atoms with Gasteiger partial charge in [0, 0.05) is 50.5 Å². The molecule has 0 unspecified atom stereocenters. The Kier molecular flexibility index (Phi) is 6.79. The number of amides is 1. The molecule has 1 saturated heterocycles. The first-order valence-electron chi connectivity index (χ1n) is 9.33. The smallest absolute Gasteiger partial charge is 0.258 e. The highest BCUT2D eigenvalue weighted by Gasteiger charge is 2.34. The zero-order valence-corrected chi connectivity index (χ0v) is 16.0. The number of carbonyl (C=O) groups excluding carboxylic acids is 1. The summed E-state index contributed by atoms with van der Waals surface area (Å²) in [5.41, 5.74) is 1.19. The van der Waals surface area contributed by atoms with E-state index in [1.54, 1.807) is 6.20 Å². The summed E-state index contributed by atoms with van der Waals surface area (Å²) >= 11 is 0. The Morgan fingerprint density at radius 1 is 1.22 bits per heavy atom. The van der Waals surface area contributed by atoms with E-state index in [0.717, 1.165) is 26.2 Å². The highest BCUT2D eigenvalue weighted by atomic mass is 16.5. The van der Waals surface area contributed by atoms with Crippen molar-refractivity contribution >= 4 is 5.91 Å². The zero-order valence-electron chi connectivity index (χ0n) is 16.0. The summed E-state index contributed by atoms with van der Waals surface area (Å²) in [6.45, 7) is 3.62. The van der Waals surface area contributed by atoms with Crippen LogP contribution in [0.3, 0.4) is 0 Å². The molecule has 2 aromatic rings. The van der Waals surface area contributed by atoms with Gasteiger partial charge in [0.25, 0.3) is 5.91 Å². The number of nitrogens with zero attached hydrogens (tertiary/aromatic N) is 3. The third-order valence-electron chi connectivity index (χ3n) is 4.70. The quantitative estimate of drug-likeness (QED) is 0.768. The molecule has 1 amide bonds. The topological polar surface area (TPSA) is 57.7 Å². The third-order valence-corrected chi connectivity index (χ3v) is 4.70. The van der Waals surface area contributed by atoms with Gasteiger partial charge in [-0.1, -0.05) is 24.3 Å². The van der Waals surface area contributed by atoms with E-state index in [4.69, 9.17) is 4.74 Å². The van der Waals surface area contributed by atoms with E-state index in [1.807, 2.05) is 42.6 Å². The lowest BCUT2D eigenvalue weighted by atomic mass is 10.0. The normalized spacial score (nSPS) is 20.0. The van der Waals surface area contributed by atoms with Gasteiger partial charge in [-0.15, -0.1) is 0 Å². The number of ether oxygens (including phenoxy) is 1. The van der Waals surface area contributed by atoms with Crippen molar-refractivity contribution in [2.75, 3.05) is 40.3 Å². The molecule has 3 rings (SSSR count). The largest absolute Gasteiger partial charge is 0.484 e. The molecule has 1 aliphatic rings. The number of para-hydroxylation sites is 1. The summed E-state index contributed by atoms with van der Waals surface area (Å²) in [7, 11) is 4.14. The molecule has 1 fully saturated rings. The van der Waals surface area contributed by atoms with Crippen molar-refractivity contribution in [3.8, 4) is 5.75 Å². The molecule has 1 aliphatic heterocycles. The Morgan fingerprint density at radius 3 is 2.74 bits per heavy atom. The Labute approximate surface area is 161 Å². The van der Waals surface area contributed by atoms with Crippen LogP contribution in [0.1, 0.15) is 5.56 Å². The first-order chi connectivity index (χ1) is 13.1. The number of aromatic nitrogens is 1. The fraction of sp³-hybridized carbons (Fsp3) is 0.429. The van der Waals surface area contributed by atoms with Crippen molar-refractivity contribution < 1.29 is 9.53 Å². The number of pyridine rings is 1. The van der Waals surface area contributed by atoms with Gasteiger partial charge in [0.15, 0.2) is 6.61 Å². The molecule has 0 bridgehead atoms. The number of hydrogen-bond donors (Lipinski definition) is 1. The van der Waals surface area contributed by atoms with Crippen molar-refractivity contribution in [2.45, 2.75) is 12.6 Å². The minimum Gasteiger partial charge on any atom is -0.484 e. The molecule has 0 aliphatic carbocycles. The number of hydrogen-bond acceptors (Lipinski definition) is 5. The molecule has 2 atom stereocenters. The second kappa shape index (κ2) is 9.48. The second-order valence-electron chi connectivity index (χ2n) is 7.35. The van der Waals surface area contributed by atoms with Crippen molar-refractivity contribution in [1.29, 1.82) is 0 Å². The third kappa shape index (κ3) is 6.05. The van der Waals surface area contributed by atoms with Crippen LogP contribution in [0.5, 0.6) is 5.75 Å². The molecular formula is C21H28N4O2. The SMILES string of the molecule is CN(C)C[C@@H]1CN(Cc2cccnc2)C[C@H]1NC(=O)COc1ccccc1. The average Bonchev–Trinajstić information content (AvgIpc) is 3.01. The summed E-state index contributed by atoms with van der Waals surface area (Å²) < 4.78 is 5.57. The summed E-state index contributed by atoms with van der Waals surface area (Å²) in [5.74, 6) is 1.02. The minimum absolute atomic E-state index is 0.0395. The van der Waals surface area contributed by atoms with Gasteiger partial charge in [-0.2, -0.15) is 0 Å². The fourth-order valence-electron chi connectivity index (χ4n) is 3.57. The van der Waals surface area contributed by atoms with E-state index < -0.39 is 0 Å². The lowest BCUT2D eigenvalue weighted by Gasteiger charge is -2.23. The Morgan fingerprint density at radius 2 is 2.04 bits per heavy atom. The fourth-order valence-corrected chi connectivity index (χ4v) is 3.57. The molecule has 6 heteroatoms. The van der Waals surface area contributed by atoms with Gasteiger partial charge in [-0.25, -0.2) is 0 Å². The van der Waals surface area contributed by atoms with Crippen LogP contribution < -0.4 is 10.1 Å². The minimum atomic E-state index is -0.0733. The Balaban J connectivity index is 1.55. The van der Waals surface area contributed by atoms with Crippen LogP contribution >= 0.6 is 0 Å². The highest BCUT2D eigenvalue weighted by Crippen LogP contribution is 2.20. The van der Waals surface area contributed by atoms with Crippen LogP contribution in [0, 0.1) is 5.92 Å². The molecule has 0 spiro atoms. The van der Waals surface area contributed by atoms with Crippen LogP contribution in [-0.2, 0) is 11.3 Å². The molecular weight excluding hydrogens is 340 g/mol. The average molecular weight is 368 g/mol. The molecule has 0 saturated carbocycles. The number of rotatable bonds is 8. The molecule has 144 valence electrons. The van der Waals surface area contributed by atoms with E-state index in [-0.39, 0.29) is 18.6 Å².